The zero-order valence-corrected chi connectivity index (χ0v) is 20.4. The van der Waals surface area contributed by atoms with E-state index in [2.05, 4.69) is 27.2 Å². The number of primary amides is 1. The maximum atomic E-state index is 12.4. The summed E-state index contributed by atoms with van der Waals surface area (Å²) in [5.41, 5.74) is 7.32. The molecule has 2 aromatic carbocycles. The third-order valence-corrected chi connectivity index (χ3v) is 6.15. The van der Waals surface area contributed by atoms with Gasteiger partial charge in [0.1, 0.15) is 12.4 Å². The van der Waals surface area contributed by atoms with Crippen LogP contribution in [0.1, 0.15) is 39.8 Å². The molecule has 4 rings (SSSR count). The quantitative estimate of drug-likeness (QED) is 0.300. The number of benzene rings is 2. The molecule has 1 fully saturated rings. The summed E-state index contributed by atoms with van der Waals surface area (Å²) in [5.74, 6) is -0.713. The Morgan fingerprint density at radius 1 is 1.16 bits per heavy atom. The van der Waals surface area contributed by atoms with Crippen LogP contribution in [0, 0.1) is 0 Å². The van der Waals surface area contributed by atoms with Gasteiger partial charge in [0, 0.05) is 24.3 Å². The minimum absolute atomic E-state index is 0.0279. The monoisotopic (exact) mass is 500 g/mol. The molecule has 2 atom stereocenters. The van der Waals surface area contributed by atoms with Gasteiger partial charge in [-0.2, -0.15) is 0 Å². The molecule has 1 aliphatic heterocycles. The molecule has 0 saturated carbocycles. The molecule has 2 heterocycles. The molecular formula is C27H28N6O4. The number of hydrogen-bond acceptors (Lipinski definition) is 8. The van der Waals surface area contributed by atoms with Crippen molar-refractivity contribution in [1.29, 1.82) is 0 Å². The highest BCUT2D eigenvalue weighted by molar-refractivity contribution is 5.96. The highest BCUT2D eigenvalue weighted by Crippen LogP contribution is 2.24. The molecule has 3 aromatic rings. The van der Waals surface area contributed by atoms with Crippen LogP contribution < -0.4 is 16.4 Å². The Morgan fingerprint density at radius 3 is 2.57 bits per heavy atom. The number of rotatable bonds is 9. The van der Waals surface area contributed by atoms with Crippen LogP contribution in [0.25, 0.3) is 0 Å². The Bertz CT molecular complexity index is 1300. The smallest absolute Gasteiger partial charge is 0.338 e. The number of likely N-dealkylation sites (tertiary alicyclic amines) is 1. The standard InChI is InChI=1S/C27H28N6O4/c1-3-23(34)33-14-13-21(17(33)2)31-22-15-29-24(25(28)35)26(32-22)30-20-11-9-19(10-12-20)27(36)37-16-18-7-5-4-6-8-18/h3-12,15,17,21H,1,13-14,16H2,2H3,(H2,28,35)(H2,30,31,32)/t17-,21-/m1/s1. The number of nitrogens with zero attached hydrogens (tertiary/aromatic N) is 3. The first kappa shape index (κ1) is 25.4. The molecule has 1 aliphatic rings. The van der Waals surface area contributed by atoms with Gasteiger partial charge in [0.25, 0.3) is 5.91 Å². The molecule has 1 aromatic heterocycles. The van der Waals surface area contributed by atoms with E-state index in [-0.39, 0.29) is 36.1 Å². The second-order valence-corrected chi connectivity index (χ2v) is 8.60. The number of ether oxygens (including phenoxy) is 1. The summed E-state index contributed by atoms with van der Waals surface area (Å²) in [6, 6.07) is 15.9. The van der Waals surface area contributed by atoms with Gasteiger partial charge < -0.3 is 26.0 Å². The van der Waals surface area contributed by atoms with E-state index in [1.807, 2.05) is 37.3 Å². The average Bonchev–Trinajstić information content (AvgIpc) is 3.27. The van der Waals surface area contributed by atoms with Gasteiger partial charge in [0.05, 0.1) is 11.8 Å². The molecule has 190 valence electrons. The number of nitrogens with two attached hydrogens (primary N) is 1. The van der Waals surface area contributed by atoms with E-state index >= 15 is 0 Å². The van der Waals surface area contributed by atoms with E-state index in [1.165, 1.54) is 12.3 Å². The summed E-state index contributed by atoms with van der Waals surface area (Å²) >= 11 is 0. The highest BCUT2D eigenvalue weighted by atomic mass is 16.5. The minimum atomic E-state index is -0.736. The SMILES string of the molecule is C=CC(=O)N1CC[C@@H](Nc2cnc(C(N)=O)c(Nc3ccc(C(=O)OCc4ccccc4)cc3)n2)[C@H]1C. The second kappa shape index (κ2) is 11.3. The zero-order valence-electron chi connectivity index (χ0n) is 20.4. The Morgan fingerprint density at radius 2 is 1.89 bits per heavy atom. The van der Waals surface area contributed by atoms with Crippen LogP contribution in [-0.4, -0.2) is 51.3 Å². The lowest BCUT2D eigenvalue weighted by molar-refractivity contribution is -0.126. The van der Waals surface area contributed by atoms with Crippen molar-refractivity contribution < 1.29 is 19.1 Å². The molecule has 0 radical (unpaired) electrons. The van der Waals surface area contributed by atoms with E-state index in [9.17, 15) is 14.4 Å². The average molecular weight is 501 g/mol. The van der Waals surface area contributed by atoms with Gasteiger partial charge in [0.15, 0.2) is 11.5 Å². The van der Waals surface area contributed by atoms with E-state index in [1.54, 1.807) is 29.2 Å². The van der Waals surface area contributed by atoms with Crippen molar-refractivity contribution in [3.05, 3.63) is 90.3 Å². The number of esters is 1. The topological polar surface area (TPSA) is 140 Å². The summed E-state index contributed by atoms with van der Waals surface area (Å²) < 4.78 is 5.36. The highest BCUT2D eigenvalue weighted by Gasteiger charge is 2.33. The van der Waals surface area contributed by atoms with Crippen LogP contribution in [0.3, 0.4) is 0 Å². The predicted octanol–water partition coefficient (Wildman–Crippen LogP) is 3.26. The predicted molar refractivity (Wildman–Crippen MR) is 139 cm³/mol. The maximum Gasteiger partial charge on any atom is 0.338 e. The first-order valence-electron chi connectivity index (χ1n) is 11.8. The largest absolute Gasteiger partial charge is 0.457 e. The molecule has 0 unspecified atom stereocenters. The fourth-order valence-electron chi connectivity index (χ4n) is 4.11. The van der Waals surface area contributed by atoms with Gasteiger partial charge in [-0.1, -0.05) is 36.9 Å². The van der Waals surface area contributed by atoms with Gasteiger partial charge in [0.2, 0.25) is 5.91 Å². The van der Waals surface area contributed by atoms with E-state index in [0.29, 0.717) is 23.6 Å². The number of carbonyl (C=O) groups is 3. The summed E-state index contributed by atoms with van der Waals surface area (Å²) in [6.07, 6.45) is 3.46. The van der Waals surface area contributed by atoms with Crippen LogP contribution in [0.15, 0.2) is 73.4 Å². The third-order valence-electron chi connectivity index (χ3n) is 6.15. The third kappa shape index (κ3) is 6.10. The van der Waals surface area contributed by atoms with Crippen LogP contribution in [0.4, 0.5) is 17.3 Å². The lowest BCUT2D eigenvalue weighted by Crippen LogP contribution is -2.39. The van der Waals surface area contributed by atoms with Gasteiger partial charge >= 0.3 is 5.97 Å². The Kier molecular flexibility index (Phi) is 7.77. The number of amides is 2. The lowest BCUT2D eigenvalue weighted by Gasteiger charge is -2.24. The molecule has 10 heteroatoms. The first-order valence-corrected chi connectivity index (χ1v) is 11.8. The van der Waals surface area contributed by atoms with E-state index in [4.69, 9.17) is 10.5 Å². The molecule has 0 spiro atoms. The van der Waals surface area contributed by atoms with Gasteiger partial charge in [-0.15, -0.1) is 0 Å². The maximum absolute atomic E-state index is 12.4. The molecule has 0 aliphatic carbocycles. The van der Waals surface area contributed by atoms with Crippen molar-refractivity contribution in [1.82, 2.24) is 14.9 Å². The number of nitrogens with one attached hydrogen (secondary N) is 2. The van der Waals surface area contributed by atoms with Crippen molar-refractivity contribution >= 4 is 35.1 Å². The van der Waals surface area contributed by atoms with Crippen molar-refractivity contribution in [2.75, 3.05) is 17.2 Å². The van der Waals surface area contributed by atoms with Crippen molar-refractivity contribution in [2.24, 2.45) is 5.73 Å². The molecular weight excluding hydrogens is 472 g/mol. The molecule has 0 bridgehead atoms. The Balaban J connectivity index is 1.44. The fraction of sp³-hybridized carbons (Fsp3) is 0.222. The van der Waals surface area contributed by atoms with Crippen LogP contribution >= 0.6 is 0 Å². The molecule has 1 saturated heterocycles. The number of aromatic nitrogens is 2. The van der Waals surface area contributed by atoms with Gasteiger partial charge in [-0.3, -0.25) is 9.59 Å². The molecule has 10 nitrogen and oxygen atoms in total. The van der Waals surface area contributed by atoms with Gasteiger partial charge in [-0.25, -0.2) is 14.8 Å². The summed E-state index contributed by atoms with van der Waals surface area (Å²) in [6.45, 7) is 6.27. The zero-order chi connectivity index (χ0) is 26.4. The number of hydrogen-bond donors (Lipinski definition) is 3. The fourth-order valence-corrected chi connectivity index (χ4v) is 4.11. The molecule has 2 amide bonds. The van der Waals surface area contributed by atoms with E-state index < -0.39 is 11.9 Å². The van der Waals surface area contributed by atoms with Crippen LogP contribution in [0.5, 0.6) is 0 Å². The molecule has 4 N–H and O–H groups in total. The lowest BCUT2D eigenvalue weighted by atomic mass is 10.1. The van der Waals surface area contributed by atoms with Crippen molar-refractivity contribution in [3.8, 4) is 0 Å². The van der Waals surface area contributed by atoms with Crippen LogP contribution in [-0.2, 0) is 16.1 Å². The van der Waals surface area contributed by atoms with Crippen molar-refractivity contribution in [3.63, 3.8) is 0 Å². The van der Waals surface area contributed by atoms with E-state index in [0.717, 1.165) is 12.0 Å². The van der Waals surface area contributed by atoms with Crippen LogP contribution in [0.2, 0.25) is 0 Å². The summed E-state index contributed by atoms with van der Waals surface area (Å²) in [4.78, 5) is 46.8. The minimum Gasteiger partial charge on any atom is -0.457 e. The Labute approximate surface area is 214 Å². The van der Waals surface area contributed by atoms with Crippen molar-refractivity contribution in [2.45, 2.75) is 32.0 Å². The molecule has 37 heavy (non-hydrogen) atoms. The van der Waals surface area contributed by atoms with Gasteiger partial charge in [-0.05, 0) is 49.2 Å². The summed E-state index contributed by atoms with van der Waals surface area (Å²) in [7, 11) is 0. The summed E-state index contributed by atoms with van der Waals surface area (Å²) in [5, 5.41) is 6.33. The normalized spacial score (nSPS) is 16.6. The first-order chi connectivity index (χ1) is 17.9. The second-order valence-electron chi connectivity index (χ2n) is 8.60. The number of carbonyl (C=O) groups excluding carboxylic acids is 3. The number of anilines is 3. The Hall–Kier alpha value is -4.73.